The largest absolute Gasteiger partial charge is 0.573 e. The van der Waals surface area contributed by atoms with Crippen molar-refractivity contribution in [3.05, 3.63) is 76.3 Å². The van der Waals surface area contributed by atoms with E-state index in [0.29, 0.717) is 19.6 Å². The van der Waals surface area contributed by atoms with Crippen molar-refractivity contribution in [1.29, 1.82) is 0 Å². The number of ether oxygens (including phenoxy) is 2. The van der Waals surface area contributed by atoms with Gasteiger partial charge in [0.2, 0.25) is 0 Å². The number of hydrogen-bond donors (Lipinski definition) is 2. The van der Waals surface area contributed by atoms with Crippen molar-refractivity contribution in [3.63, 3.8) is 0 Å². The second kappa shape index (κ2) is 10.5. The first kappa shape index (κ1) is 25.3. The number of aliphatic hydroxyl groups excluding tert-OH is 1. The molecule has 2 heterocycles. The minimum absolute atomic E-state index is 0.0378. The molecule has 1 aliphatic heterocycles. The smallest absolute Gasteiger partial charge is 0.406 e. The van der Waals surface area contributed by atoms with E-state index in [1.165, 1.54) is 36.4 Å². The Morgan fingerprint density at radius 2 is 1.97 bits per heavy atom. The summed E-state index contributed by atoms with van der Waals surface area (Å²) in [7, 11) is 0. The summed E-state index contributed by atoms with van der Waals surface area (Å²) >= 11 is 0. The van der Waals surface area contributed by atoms with Crippen molar-refractivity contribution < 1.29 is 36.9 Å². The molecule has 0 aliphatic carbocycles. The molecule has 190 valence electrons. The molecular formula is C24H21F4N3O5. The predicted molar refractivity (Wildman–Crippen MR) is 119 cm³/mol. The van der Waals surface area contributed by atoms with Gasteiger partial charge in [0, 0.05) is 18.1 Å². The van der Waals surface area contributed by atoms with Crippen LogP contribution in [0.15, 0.2) is 59.4 Å². The number of hydrogen-bond acceptors (Lipinski definition) is 6. The molecule has 4 rings (SSSR count). The first-order chi connectivity index (χ1) is 17.1. The van der Waals surface area contributed by atoms with Gasteiger partial charge in [0.1, 0.15) is 17.1 Å². The van der Waals surface area contributed by atoms with E-state index in [4.69, 9.17) is 4.74 Å². The van der Waals surface area contributed by atoms with Gasteiger partial charge in [-0.1, -0.05) is 6.07 Å². The number of nitrogens with zero attached hydrogens (tertiary/aromatic N) is 2. The zero-order chi connectivity index (χ0) is 25.9. The van der Waals surface area contributed by atoms with Crippen molar-refractivity contribution in [1.82, 2.24) is 15.1 Å². The van der Waals surface area contributed by atoms with Crippen molar-refractivity contribution >= 4 is 5.91 Å². The molecule has 0 bridgehead atoms. The predicted octanol–water partition coefficient (Wildman–Crippen LogP) is 3.06. The molecule has 0 radical (unpaired) electrons. The maximum Gasteiger partial charge on any atom is 0.573 e. The molecule has 1 aromatic heterocycles. The van der Waals surface area contributed by atoms with Gasteiger partial charge < -0.3 is 19.9 Å². The summed E-state index contributed by atoms with van der Waals surface area (Å²) in [4.78, 5) is 26.3. The maximum atomic E-state index is 13.9. The fraction of sp³-hybridized carbons (Fsp3) is 0.292. The molecule has 1 saturated heterocycles. The minimum Gasteiger partial charge on any atom is -0.406 e. The molecule has 1 aliphatic rings. The van der Waals surface area contributed by atoms with Crippen LogP contribution in [0.3, 0.4) is 0 Å². The van der Waals surface area contributed by atoms with E-state index < -0.39 is 35.4 Å². The second-order valence-corrected chi connectivity index (χ2v) is 8.10. The number of amides is 1. The van der Waals surface area contributed by atoms with Gasteiger partial charge in [0.15, 0.2) is 0 Å². The van der Waals surface area contributed by atoms with Gasteiger partial charge in [-0.3, -0.25) is 9.59 Å². The molecule has 0 saturated carbocycles. The van der Waals surface area contributed by atoms with Crippen LogP contribution in [-0.2, 0) is 4.74 Å². The van der Waals surface area contributed by atoms with Crippen molar-refractivity contribution in [2.45, 2.75) is 18.8 Å². The van der Waals surface area contributed by atoms with E-state index in [0.717, 1.165) is 22.9 Å². The van der Waals surface area contributed by atoms with Crippen LogP contribution in [0.2, 0.25) is 0 Å². The topological polar surface area (TPSA) is 103 Å². The van der Waals surface area contributed by atoms with E-state index >= 15 is 0 Å². The number of carbonyl (C=O) groups excluding carboxylic acids is 1. The molecule has 36 heavy (non-hydrogen) atoms. The van der Waals surface area contributed by atoms with Crippen LogP contribution in [0.25, 0.3) is 16.9 Å². The van der Waals surface area contributed by atoms with Gasteiger partial charge in [0.25, 0.3) is 11.5 Å². The molecule has 12 heteroatoms. The second-order valence-electron chi connectivity index (χ2n) is 8.10. The summed E-state index contributed by atoms with van der Waals surface area (Å²) in [5, 5.41) is 16.6. The van der Waals surface area contributed by atoms with Crippen LogP contribution in [0.4, 0.5) is 17.6 Å². The fourth-order valence-electron chi connectivity index (χ4n) is 3.84. The summed E-state index contributed by atoms with van der Waals surface area (Å²) in [5.41, 5.74) is -0.828. The number of benzene rings is 2. The summed E-state index contributed by atoms with van der Waals surface area (Å²) in [6.45, 7) is 0.445. The molecule has 1 amide bonds. The van der Waals surface area contributed by atoms with Crippen LogP contribution >= 0.6 is 0 Å². The number of rotatable bonds is 7. The third-order valence-electron chi connectivity index (χ3n) is 5.64. The van der Waals surface area contributed by atoms with E-state index in [2.05, 4.69) is 15.2 Å². The van der Waals surface area contributed by atoms with Crippen LogP contribution in [-0.4, -0.2) is 53.0 Å². The summed E-state index contributed by atoms with van der Waals surface area (Å²) < 4.78 is 61.4. The fourth-order valence-corrected chi connectivity index (χ4v) is 3.84. The molecule has 2 aromatic carbocycles. The third-order valence-corrected chi connectivity index (χ3v) is 5.64. The molecule has 2 unspecified atom stereocenters. The Bertz CT molecular complexity index is 1290. The molecule has 0 spiro atoms. The van der Waals surface area contributed by atoms with E-state index in [9.17, 15) is 32.3 Å². The zero-order valence-electron chi connectivity index (χ0n) is 18.7. The Morgan fingerprint density at radius 1 is 1.22 bits per heavy atom. The van der Waals surface area contributed by atoms with E-state index in [1.54, 1.807) is 0 Å². The molecule has 3 aromatic rings. The number of halogens is 4. The molecule has 2 N–H and O–H groups in total. The Morgan fingerprint density at radius 3 is 2.58 bits per heavy atom. The molecule has 2 atom stereocenters. The summed E-state index contributed by atoms with van der Waals surface area (Å²) in [5.74, 6) is -2.05. The number of carbonyl (C=O) groups is 1. The lowest BCUT2D eigenvalue weighted by atomic mass is 9.99. The number of aliphatic hydroxyl groups is 1. The van der Waals surface area contributed by atoms with Crippen LogP contribution in [0, 0.1) is 11.7 Å². The zero-order valence-corrected chi connectivity index (χ0v) is 18.7. The average molecular weight is 507 g/mol. The molecular weight excluding hydrogens is 486 g/mol. The monoisotopic (exact) mass is 507 g/mol. The van der Waals surface area contributed by atoms with Crippen LogP contribution in [0.5, 0.6) is 5.75 Å². The molecule has 8 nitrogen and oxygen atoms in total. The van der Waals surface area contributed by atoms with E-state index in [1.807, 2.05) is 0 Å². The lowest BCUT2D eigenvalue weighted by Crippen LogP contribution is -2.45. The lowest BCUT2D eigenvalue weighted by Gasteiger charge is -2.21. The van der Waals surface area contributed by atoms with Crippen molar-refractivity contribution in [2.75, 3.05) is 19.8 Å². The lowest BCUT2D eigenvalue weighted by molar-refractivity contribution is -0.274. The highest BCUT2D eigenvalue weighted by Crippen LogP contribution is 2.26. The van der Waals surface area contributed by atoms with Crippen LogP contribution < -0.4 is 15.6 Å². The standard InChI is InChI=1S/C24H21F4N3O5/c25-16-2-1-3-17(10-16)31-23(34)19(22(33)29-21(12-32)15-8-9-35-13-15)11-20(30-31)14-4-6-18(7-5-14)36-24(26,27)28/h1-7,10-11,15,21,32H,8-9,12-13H2,(H,29,33). The Labute approximate surface area is 202 Å². The highest BCUT2D eigenvalue weighted by molar-refractivity contribution is 5.95. The van der Waals surface area contributed by atoms with Gasteiger partial charge in [-0.15, -0.1) is 13.2 Å². The Kier molecular flexibility index (Phi) is 7.36. The maximum absolute atomic E-state index is 13.9. The highest BCUT2D eigenvalue weighted by atomic mass is 19.4. The van der Waals surface area contributed by atoms with Crippen LogP contribution in [0.1, 0.15) is 16.8 Å². The third kappa shape index (κ3) is 5.89. The SMILES string of the molecule is O=C(NC(CO)C1CCOC1)c1cc(-c2ccc(OC(F)(F)F)cc2)nn(-c2cccc(F)c2)c1=O. The normalized spacial score (nSPS) is 16.5. The van der Waals surface area contributed by atoms with Crippen molar-refractivity contribution in [3.8, 4) is 22.7 Å². The number of alkyl halides is 3. The van der Waals surface area contributed by atoms with Gasteiger partial charge in [0.05, 0.1) is 30.6 Å². The summed E-state index contributed by atoms with van der Waals surface area (Å²) in [6.07, 6.45) is -4.25. The molecule has 1 fully saturated rings. The first-order valence-corrected chi connectivity index (χ1v) is 10.9. The average Bonchev–Trinajstić information content (AvgIpc) is 3.37. The Balaban J connectivity index is 1.75. The number of nitrogens with one attached hydrogen (secondary N) is 1. The van der Waals surface area contributed by atoms with Gasteiger partial charge >= 0.3 is 6.36 Å². The number of aromatic nitrogens is 2. The van der Waals surface area contributed by atoms with Gasteiger partial charge in [-0.2, -0.15) is 9.78 Å². The minimum atomic E-state index is -4.87. The van der Waals surface area contributed by atoms with Crippen molar-refractivity contribution in [2.24, 2.45) is 5.92 Å². The highest BCUT2D eigenvalue weighted by Gasteiger charge is 2.31. The Hall–Kier alpha value is -3.77. The summed E-state index contributed by atoms with van der Waals surface area (Å²) in [6, 6.07) is 10.2. The van der Waals surface area contributed by atoms with Gasteiger partial charge in [-0.25, -0.2) is 4.39 Å². The van der Waals surface area contributed by atoms with E-state index in [-0.39, 0.29) is 35.0 Å². The first-order valence-electron chi connectivity index (χ1n) is 10.9. The quantitative estimate of drug-likeness (QED) is 0.477. The van der Waals surface area contributed by atoms with Gasteiger partial charge in [-0.05, 0) is 55.0 Å².